The van der Waals surface area contributed by atoms with Crippen LogP contribution in [0.25, 0.3) is 0 Å². The van der Waals surface area contributed by atoms with Crippen LogP contribution in [-0.2, 0) is 0 Å². The van der Waals surface area contributed by atoms with Crippen LogP contribution in [0, 0.1) is 5.92 Å². The highest BCUT2D eigenvalue weighted by molar-refractivity contribution is 4.83. The second-order valence-corrected chi connectivity index (χ2v) is 5.25. The summed E-state index contributed by atoms with van der Waals surface area (Å²) < 4.78 is 0. The lowest BCUT2D eigenvalue weighted by Gasteiger charge is -2.35. The molecule has 2 aliphatic rings. The Morgan fingerprint density at radius 2 is 1.86 bits per heavy atom. The van der Waals surface area contributed by atoms with Crippen molar-refractivity contribution in [2.45, 2.75) is 51.6 Å². The molecule has 1 unspecified atom stereocenters. The van der Waals surface area contributed by atoms with Gasteiger partial charge in [-0.3, -0.25) is 4.90 Å². The van der Waals surface area contributed by atoms with E-state index < -0.39 is 0 Å². The molecule has 1 saturated carbocycles. The van der Waals surface area contributed by atoms with E-state index in [-0.39, 0.29) is 0 Å². The summed E-state index contributed by atoms with van der Waals surface area (Å²) >= 11 is 0. The minimum Gasteiger partial charge on any atom is -0.312 e. The van der Waals surface area contributed by atoms with E-state index in [9.17, 15) is 0 Å². The predicted molar refractivity (Wildman–Crippen MR) is 60.5 cm³/mol. The van der Waals surface area contributed by atoms with E-state index in [2.05, 4.69) is 24.1 Å². The maximum Gasteiger partial charge on any atom is 0.0192 e. The van der Waals surface area contributed by atoms with E-state index in [4.69, 9.17) is 0 Å². The number of likely N-dealkylation sites (tertiary alicyclic amines) is 1. The molecule has 0 spiro atoms. The SMILES string of the molecule is CC1CCN(C(C)CNC2CC2)CC1. The summed E-state index contributed by atoms with van der Waals surface area (Å²) in [6.45, 7) is 8.57. The first-order chi connectivity index (χ1) is 6.75. The summed E-state index contributed by atoms with van der Waals surface area (Å²) in [7, 11) is 0. The third-order valence-electron chi connectivity index (χ3n) is 3.72. The number of hydrogen-bond acceptors (Lipinski definition) is 2. The highest BCUT2D eigenvalue weighted by Crippen LogP contribution is 2.20. The van der Waals surface area contributed by atoms with Crippen molar-refractivity contribution in [3.8, 4) is 0 Å². The van der Waals surface area contributed by atoms with Crippen molar-refractivity contribution in [2.24, 2.45) is 5.92 Å². The van der Waals surface area contributed by atoms with Gasteiger partial charge in [0, 0.05) is 18.6 Å². The smallest absolute Gasteiger partial charge is 0.0192 e. The quantitative estimate of drug-likeness (QED) is 0.738. The van der Waals surface area contributed by atoms with Gasteiger partial charge in [0.2, 0.25) is 0 Å². The molecular weight excluding hydrogens is 172 g/mol. The van der Waals surface area contributed by atoms with Crippen LogP contribution >= 0.6 is 0 Å². The Bertz CT molecular complexity index is 169. The average molecular weight is 196 g/mol. The summed E-state index contributed by atoms with van der Waals surface area (Å²) in [4.78, 5) is 2.65. The van der Waals surface area contributed by atoms with Gasteiger partial charge in [-0.1, -0.05) is 6.92 Å². The molecule has 2 nitrogen and oxygen atoms in total. The fraction of sp³-hybridized carbons (Fsp3) is 1.00. The lowest BCUT2D eigenvalue weighted by Crippen LogP contribution is -2.44. The Balaban J connectivity index is 1.65. The second-order valence-electron chi connectivity index (χ2n) is 5.25. The molecule has 14 heavy (non-hydrogen) atoms. The Hall–Kier alpha value is -0.0800. The van der Waals surface area contributed by atoms with Gasteiger partial charge in [0.25, 0.3) is 0 Å². The zero-order valence-electron chi connectivity index (χ0n) is 9.63. The molecule has 1 aliphatic heterocycles. The second kappa shape index (κ2) is 4.63. The van der Waals surface area contributed by atoms with Gasteiger partial charge in [-0.05, 0) is 51.6 Å². The Labute approximate surface area is 88.1 Å². The first-order valence-corrected chi connectivity index (χ1v) is 6.23. The molecule has 0 aromatic rings. The van der Waals surface area contributed by atoms with Crippen molar-refractivity contribution >= 4 is 0 Å². The zero-order chi connectivity index (χ0) is 9.97. The first kappa shape index (κ1) is 10.4. The average Bonchev–Trinajstić information content (AvgIpc) is 2.99. The predicted octanol–water partition coefficient (Wildman–Crippen LogP) is 1.86. The van der Waals surface area contributed by atoms with Gasteiger partial charge < -0.3 is 5.32 Å². The third-order valence-corrected chi connectivity index (χ3v) is 3.72. The minimum absolute atomic E-state index is 0.739. The first-order valence-electron chi connectivity index (χ1n) is 6.23. The summed E-state index contributed by atoms with van der Waals surface area (Å²) in [5.74, 6) is 0.954. The minimum atomic E-state index is 0.739. The number of rotatable bonds is 4. The summed E-state index contributed by atoms with van der Waals surface area (Å²) in [6.07, 6.45) is 5.61. The van der Waals surface area contributed by atoms with Gasteiger partial charge in [0.1, 0.15) is 0 Å². The van der Waals surface area contributed by atoms with E-state index in [1.165, 1.54) is 45.3 Å². The van der Waals surface area contributed by atoms with Gasteiger partial charge in [-0.25, -0.2) is 0 Å². The molecule has 82 valence electrons. The normalized spacial score (nSPS) is 27.9. The van der Waals surface area contributed by atoms with E-state index in [0.29, 0.717) is 0 Å². The van der Waals surface area contributed by atoms with Gasteiger partial charge in [-0.15, -0.1) is 0 Å². The molecule has 1 atom stereocenters. The molecule has 1 aliphatic carbocycles. The molecular formula is C12H24N2. The molecule has 0 aromatic carbocycles. The van der Waals surface area contributed by atoms with Crippen molar-refractivity contribution in [1.82, 2.24) is 10.2 Å². The third kappa shape index (κ3) is 2.96. The lowest BCUT2D eigenvalue weighted by atomic mass is 9.98. The fourth-order valence-electron chi connectivity index (χ4n) is 2.22. The highest BCUT2D eigenvalue weighted by Gasteiger charge is 2.24. The Kier molecular flexibility index (Phi) is 3.45. The van der Waals surface area contributed by atoms with Crippen molar-refractivity contribution < 1.29 is 0 Å². The number of piperidine rings is 1. The molecule has 0 bridgehead atoms. The Morgan fingerprint density at radius 3 is 2.43 bits per heavy atom. The van der Waals surface area contributed by atoms with Crippen LogP contribution in [0.3, 0.4) is 0 Å². The van der Waals surface area contributed by atoms with Crippen molar-refractivity contribution in [3.63, 3.8) is 0 Å². The number of hydrogen-bond donors (Lipinski definition) is 1. The van der Waals surface area contributed by atoms with Crippen LogP contribution in [0.5, 0.6) is 0 Å². The molecule has 2 rings (SSSR count). The highest BCUT2D eigenvalue weighted by atomic mass is 15.2. The van der Waals surface area contributed by atoms with Crippen molar-refractivity contribution in [2.75, 3.05) is 19.6 Å². The maximum atomic E-state index is 3.62. The van der Waals surface area contributed by atoms with Crippen molar-refractivity contribution in [3.05, 3.63) is 0 Å². The molecule has 2 heteroatoms. The van der Waals surface area contributed by atoms with Crippen LogP contribution in [0.2, 0.25) is 0 Å². The van der Waals surface area contributed by atoms with E-state index in [1.54, 1.807) is 0 Å². The van der Waals surface area contributed by atoms with E-state index in [0.717, 1.165) is 18.0 Å². The zero-order valence-corrected chi connectivity index (χ0v) is 9.63. The van der Waals surface area contributed by atoms with E-state index >= 15 is 0 Å². The molecule has 0 amide bonds. The monoisotopic (exact) mass is 196 g/mol. The van der Waals surface area contributed by atoms with Gasteiger partial charge in [0.05, 0.1) is 0 Å². The van der Waals surface area contributed by atoms with Crippen LogP contribution in [-0.4, -0.2) is 36.6 Å². The molecule has 1 N–H and O–H groups in total. The molecule has 2 fully saturated rings. The lowest BCUT2D eigenvalue weighted by molar-refractivity contribution is 0.144. The fourth-order valence-corrected chi connectivity index (χ4v) is 2.22. The molecule has 1 heterocycles. The van der Waals surface area contributed by atoms with Gasteiger partial charge in [-0.2, -0.15) is 0 Å². The number of nitrogens with zero attached hydrogens (tertiary/aromatic N) is 1. The summed E-state index contributed by atoms with van der Waals surface area (Å²) in [6, 6.07) is 1.60. The maximum absolute atomic E-state index is 3.62. The molecule has 0 radical (unpaired) electrons. The summed E-state index contributed by atoms with van der Waals surface area (Å²) in [5.41, 5.74) is 0. The van der Waals surface area contributed by atoms with Crippen LogP contribution in [0.1, 0.15) is 39.5 Å². The van der Waals surface area contributed by atoms with Crippen LogP contribution in [0.15, 0.2) is 0 Å². The topological polar surface area (TPSA) is 15.3 Å². The standard InChI is InChI=1S/C12H24N2/c1-10-5-7-14(8-6-10)11(2)9-13-12-3-4-12/h10-13H,3-9H2,1-2H3. The van der Waals surface area contributed by atoms with E-state index in [1.807, 2.05) is 0 Å². The van der Waals surface area contributed by atoms with Gasteiger partial charge in [0.15, 0.2) is 0 Å². The van der Waals surface area contributed by atoms with Crippen molar-refractivity contribution in [1.29, 1.82) is 0 Å². The van der Waals surface area contributed by atoms with Gasteiger partial charge >= 0.3 is 0 Å². The molecule has 1 saturated heterocycles. The molecule has 0 aromatic heterocycles. The largest absolute Gasteiger partial charge is 0.312 e. The Morgan fingerprint density at radius 1 is 1.21 bits per heavy atom. The number of nitrogens with one attached hydrogen (secondary N) is 1. The van der Waals surface area contributed by atoms with Crippen LogP contribution < -0.4 is 5.32 Å². The van der Waals surface area contributed by atoms with Crippen LogP contribution in [0.4, 0.5) is 0 Å². The summed E-state index contributed by atoms with van der Waals surface area (Å²) in [5, 5.41) is 3.62.